The van der Waals surface area contributed by atoms with Crippen molar-refractivity contribution in [3.8, 4) is 5.75 Å². The number of aliphatic hydroxyl groups excluding tert-OH is 1. The highest BCUT2D eigenvalue weighted by molar-refractivity contribution is 5.95. The van der Waals surface area contributed by atoms with Gasteiger partial charge >= 0.3 is 0 Å². The Morgan fingerprint density at radius 1 is 1.40 bits per heavy atom. The Bertz CT molecular complexity index is 487. The van der Waals surface area contributed by atoms with Crippen molar-refractivity contribution in [1.82, 2.24) is 5.32 Å². The predicted molar refractivity (Wildman–Crippen MR) is 71.2 cm³/mol. The highest BCUT2D eigenvalue weighted by Crippen LogP contribution is 2.16. The summed E-state index contributed by atoms with van der Waals surface area (Å²) < 4.78 is 5.20. The second-order valence-corrected chi connectivity index (χ2v) is 4.58. The van der Waals surface area contributed by atoms with Crippen LogP contribution >= 0.6 is 0 Å². The van der Waals surface area contributed by atoms with Gasteiger partial charge in [-0.2, -0.15) is 0 Å². The van der Waals surface area contributed by atoms with Crippen LogP contribution in [0.3, 0.4) is 0 Å². The van der Waals surface area contributed by atoms with Gasteiger partial charge in [-0.15, -0.1) is 0 Å². The molecule has 5 N–H and O–H groups in total. The third kappa shape index (κ3) is 4.87. The minimum Gasteiger partial charge on any atom is -0.483 e. The lowest BCUT2D eigenvalue weighted by atomic mass is 10.1. The van der Waals surface area contributed by atoms with Crippen LogP contribution in [0.4, 0.5) is 0 Å². The monoisotopic (exact) mass is 282 g/mol. The van der Waals surface area contributed by atoms with Gasteiger partial charge in [0.1, 0.15) is 11.4 Å². The Labute approximate surface area is 116 Å². The second kappa shape index (κ2) is 6.88. The molecule has 7 nitrogen and oxygen atoms in total. The van der Waals surface area contributed by atoms with Crippen LogP contribution < -0.4 is 15.8 Å². The average molecular weight is 282 g/mol. The molecule has 1 aromatic carbocycles. The molecule has 0 aliphatic heterocycles. The first-order chi connectivity index (χ1) is 9.35. The zero-order valence-electron chi connectivity index (χ0n) is 11.1. The van der Waals surface area contributed by atoms with Gasteiger partial charge in [-0.3, -0.25) is 9.59 Å². The van der Waals surface area contributed by atoms with Crippen molar-refractivity contribution in [1.29, 1.82) is 0 Å². The van der Waals surface area contributed by atoms with E-state index < -0.39 is 24.0 Å². The number of ether oxygens (including phenoxy) is 1. The first-order valence-electron chi connectivity index (χ1n) is 5.97. The molecule has 20 heavy (non-hydrogen) atoms. The molecule has 0 aliphatic carbocycles. The Kier molecular flexibility index (Phi) is 5.48. The molecule has 0 aliphatic rings. The van der Waals surface area contributed by atoms with E-state index in [4.69, 9.17) is 15.6 Å². The van der Waals surface area contributed by atoms with Gasteiger partial charge in [0.25, 0.3) is 11.8 Å². The van der Waals surface area contributed by atoms with Gasteiger partial charge in [0, 0.05) is 6.54 Å². The molecule has 1 unspecified atom stereocenters. The van der Waals surface area contributed by atoms with Gasteiger partial charge in [0.2, 0.25) is 0 Å². The van der Waals surface area contributed by atoms with E-state index in [9.17, 15) is 14.7 Å². The van der Waals surface area contributed by atoms with Gasteiger partial charge in [-0.05, 0) is 19.1 Å². The highest BCUT2D eigenvalue weighted by Gasteiger charge is 2.20. The maximum absolute atomic E-state index is 11.5. The summed E-state index contributed by atoms with van der Waals surface area (Å²) in [6, 6.07) is 6.30. The van der Waals surface area contributed by atoms with Crippen LogP contribution in [0.2, 0.25) is 0 Å². The lowest BCUT2D eigenvalue weighted by molar-refractivity contribution is -0.124. The summed E-state index contributed by atoms with van der Waals surface area (Å²) in [4.78, 5) is 22.7. The first-order valence-corrected chi connectivity index (χ1v) is 5.97. The fourth-order valence-corrected chi connectivity index (χ4v) is 1.34. The molecule has 0 saturated heterocycles. The van der Waals surface area contributed by atoms with E-state index in [1.165, 1.54) is 19.1 Å². The molecule has 0 saturated carbocycles. The number of hydrogen-bond acceptors (Lipinski definition) is 5. The van der Waals surface area contributed by atoms with Gasteiger partial charge in [0.15, 0.2) is 6.61 Å². The minimum atomic E-state index is -1.39. The van der Waals surface area contributed by atoms with E-state index in [0.29, 0.717) is 0 Å². The number of carbonyl (C=O) groups excluding carboxylic acids is 2. The molecule has 0 heterocycles. The number of benzene rings is 1. The molecule has 0 radical (unpaired) electrons. The van der Waals surface area contributed by atoms with Gasteiger partial charge in [0.05, 0.1) is 12.2 Å². The molecular weight excluding hydrogens is 264 g/mol. The van der Waals surface area contributed by atoms with Crippen LogP contribution in [0.15, 0.2) is 24.3 Å². The molecule has 0 fully saturated rings. The third-order valence-electron chi connectivity index (χ3n) is 2.52. The topological polar surface area (TPSA) is 122 Å². The molecule has 1 aromatic rings. The predicted octanol–water partition coefficient (Wildman–Crippen LogP) is -0.976. The van der Waals surface area contributed by atoms with E-state index in [0.717, 1.165) is 0 Å². The molecular formula is C13H18N2O5. The largest absolute Gasteiger partial charge is 0.483 e. The number of nitrogens with one attached hydrogen (secondary N) is 1. The lowest BCUT2D eigenvalue weighted by Crippen LogP contribution is -2.44. The number of amides is 2. The maximum atomic E-state index is 11.5. The standard InChI is InChI=1S/C13H18N2O5/c1-13(19,8-16)7-15-11(17)6-20-10-5-3-2-4-9(10)12(14)18/h2-5,16,19H,6-8H2,1H3,(H2,14,18)(H,15,17). The van der Waals surface area contributed by atoms with E-state index in [-0.39, 0.29) is 24.5 Å². The number of carbonyl (C=O) groups is 2. The molecule has 7 heteroatoms. The number of aliphatic hydroxyl groups is 2. The number of primary amides is 1. The normalized spacial score (nSPS) is 13.3. The Hall–Kier alpha value is -2.12. The smallest absolute Gasteiger partial charge is 0.258 e. The molecule has 1 rings (SSSR count). The van der Waals surface area contributed by atoms with Gasteiger partial charge in [-0.25, -0.2) is 0 Å². The molecule has 1 atom stereocenters. The van der Waals surface area contributed by atoms with Crippen molar-refractivity contribution in [2.45, 2.75) is 12.5 Å². The SMILES string of the molecule is CC(O)(CO)CNC(=O)COc1ccccc1C(N)=O. The fourth-order valence-electron chi connectivity index (χ4n) is 1.34. The van der Waals surface area contributed by atoms with Gasteiger partial charge in [-0.1, -0.05) is 12.1 Å². The summed E-state index contributed by atoms with van der Waals surface area (Å²) in [6.45, 7) is 0.476. The van der Waals surface area contributed by atoms with Gasteiger partial charge < -0.3 is 26.0 Å². The highest BCUT2D eigenvalue weighted by atomic mass is 16.5. The van der Waals surface area contributed by atoms with Crippen molar-refractivity contribution in [2.24, 2.45) is 5.73 Å². The van der Waals surface area contributed by atoms with Crippen LogP contribution in [0.5, 0.6) is 5.75 Å². The third-order valence-corrected chi connectivity index (χ3v) is 2.52. The number of para-hydroxylation sites is 1. The molecule has 2 amide bonds. The van der Waals surface area contributed by atoms with Crippen molar-refractivity contribution < 1.29 is 24.5 Å². The Morgan fingerprint density at radius 3 is 2.65 bits per heavy atom. The Morgan fingerprint density at radius 2 is 2.05 bits per heavy atom. The summed E-state index contributed by atoms with van der Waals surface area (Å²) in [5.74, 6) is -0.925. The molecule has 0 aromatic heterocycles. The van der Waals surface area contributed by atoms with E-state index >= 15 is 0 Å². The molecule has 0 bridgehead atoms. The summed E-state index contributed by atoms with van der Waals surface area (Å²) >= 11 is 0. The number of nitrogens with two attached hydrogens (primary N) is 1. The summed E-state index contributed by atoms with van der Waals surface area (Å²) in [5.41, 5.74) is 3.97. The van der Waals surface area contributed by atoms with Crippen LogP contribution in [0.1, 0.15) is 17.3 Å². The quantitative estimate of drug-likeness (QED) is 0.512. The zero-order chi connectivity index (χ0) is 15.2. The summed E-state index contributed by atoms with van der Waals surface area (Å²) in [6.07, 6.45) is 0. The zero-order valence-corrected chi connectivity index (χ0v) is 11.1. The van der Waals surface area contributed by atoms with Crippen molar-refractivity contribution >= 4 is 11.8 Å². The minimum absolute atomic E-state index is 0.108. The fraction of sp³-hybridized carbons (Fsp3) is 0.385. The van der Waals surface area contributed by atoms with Crippen LogP contribution in [0, 0.1) is 0 Å². The summed E-state index contributed by atoms with van der Waals surface area (Å²) in [7, 11) is 0. The molecule has 110 valence electrons. The van der Waals surface area contributed by atoms with Crippen molar-refractivity contribution in [3.63, 3.8) is 0 Å². The first kappa shape index (κ1) is 15.9. The van der Waals surface area contributed by atoms with E-state index in [1.54, 1.807) is 12.1 Å². The van der Waals surface area contributed by atoms with Crippen LogP contribution in [-0.4, -0.2) is 47.4 Å². The lowest BCUT2D eigenvalue weighted by Gasteiger charge is -2.20. The number of rotatable bonds is 7. The van der Waals surface area contributed by atoms with Crippen molar-refractivity contribution in [2.75, 3.05) is 19.8 Å². The van der Waals surface area contributed by atoms with Crippen LogP contribution in [0.25, 0.3) is 0 Å². The number of hydrogen-bond donors (Lipinski definition) is 4. The Balaban J connectivity index is 2.52. The summed E-state index contributed by atoms with van der Waals surface area (Å²) in [5, 5.41) is 20.7. The molecule has 0 spiro atoms. The van der Waals surface area contributed by atoms with Crippen molar-refractivity contribution in [3.05, 3.63) is 29.8 Å². The average Bonchev–Trinajstić information content (AvgIpc) is 2.43. The van der Waals surface area contributed by atoms with E-state index in [1.807, 2.05) is 0 Å². The van der Waals surface area contributed by atoms with Crippen LogP contribution in [-0.2, 0) is 4.79 Å². The van der Waals surface area contributed by atoms with E-state index in [2.05, 4.69) is 5.32 Å². The maximum Gasteiger partial charge on any atom is 0.258 e. The second-order valence-electron chi connectivity index (χ2n) is 4.58.